The molecule has 0 spiro atoms. The maximum absolute atomic E-state index is 12.6. The molecule has 1 amide bonds. The van der Waals surface area contributed by atoms with E-state index in [1.807, 2.05) is 38.1 Å². The van der Waals surface area contributed by atoms with Crippen molar-refractivity contribution in [3.63, 3.8) is 0 Å². The SMILES string of the molecule is CCOCCNC(=O)/C(=C/N(C)N)C(CC)c1ccccc1Cl. The normalized spacial score (nSPS) is 12.8. The van der Waals surface area contributed by atoms with Gasteiger partial charge in [-0.05, 0) is 25.0 Å². The summed E-state index contributed by atoms with van der Waals surface area (Å²) in [6.07, 6.45) is 2.38. The van der Waals surface area contributed by atoms with Gasteiger partial charge in [-0.25, -0.2) is 5.84 Å². The van der Waals surface area contributed by atoms with E-state index in [9.17, 15) is 4.79 Å². The van der Waals surface area contributed by atoms with Gasteiger partial charge in [0.25, 0.3) is 0 Å². The molecule has 1 aromatic carbocycles. The number of halogens is 1. The van der Waals surface area contributed by atoms with Crippen LogP contribution in [0.1, 0.15) is 31.7 Å². The van der Waals surface area contributed by atoms with Gasteiger partial charge in [0.2, 0.25) is 5.91 Å². The van der Waals surface area contributed by atoms with E-state index in [0.717, 1.165) is 12.0 Å². The summed E-state index contributed by atoms with van der Waals surface area (Å²) in [5.74, 6) is 5.45. The minimum Gasteiger partial charge on any atom is -0.380 e. The highest BCUT2D eigenvalue weighted by atomic mass is 35.5. The first-order chi connectivity index (χ1) is 11.0. The van der Waals surface area contributed by atoms with E-state index in [0.29, 0.717) is 30.4 Å². The van der Waals surface area contributed by atoms with Crippen molar-refractivity contribution in [2.75, 3.05) is 26.8 Å². The highest BCUT2D eigenvalue weighted by Crippen LogP contribution is 2.32. The average molecular weight is 340 g/mol. The molecule has 0 fully saturated rings. The first kappa shape index (κ1) is 19.5. The second-order valence-electron chi connectivity index (χ2n) is 5.19. The Kier molecular flexibility index (Phi) is 8.69. The number of nitrogens with one attached hydrogen (secondary N) is 1. The Bertz CT molecular complexity index is 532. The molecule has 0 aliphatic rings. The molecule has 23 heavy (non-hydrogen) atoms. The van der Waals surface area contributed by atoms with Crippen LogP contribution >= 0.6 is 11.6 Å². The predicted molar refractivity (Wildman–Crippen MR) is 94.0 cm³/mol. The van der Waals surface area contributed by atoms with E-state index in [1.54, 1.807) is 13.2 Å². The molecular formula is C17H26ClN3O2. The number of nitrogens with two attached hydrogens (primary N) is 1. The Hall–Kier alpha value is -1.56. The third-order valence-corrected chi connectivity index (χ3v) is 3.75. The number of amides is 1. The fourth-order valence-corrected chi connectivity index (χ4v) is 2.64. The molecular weight excluding hydrogens is 314 g/mol. The van der Waals surface area contributed by atoms with Crippen molar-refractivity contribution in [1.82, 2.24) is 10.3 Å². The minimum absolute atomic E-state index is 0.123. The first-order valence-electron chi connectivity index (χ1n) is 7.80. The van der Waals surface area contributed by atoms with Crippen LogP contribution in [0.4, 0.5) is 0 Å². The largest absolute Gasteiger partial charge is 0.380 e. The predicted octanol–water partition coefficient (Wildman–Crippen LogP) is 2.68. The summed E-state index contributed by atoms with van der Waals surface area (Å²) in [7, 11) is 1.69. The summed E-state index contributed by atoms with van der Waals surface area (Å²) in [6.45, 7) is 5.50. The molecule has 0 radical (unpaired) electrons. The average Bonchev–Trinajstić information content (AvgIpc) is 2.52. The van der Waals surface area contributed by atoms with Crippen LogP contribution in [-0.4, -0.2) is 37.7 Å². The van der Waals surface area contributed by atoms with E-state index < -0.39 is 0 Å². The lowest BCUT2D eigenvalue weighted by molar-refractivity contribution is -0.118. The molecule has 1 atom stereocenters. The first-order valence-corrected chi connectivity index (χ1v) is 8.18. The van der Waals surface area contributed by atoms with Gasteiger partial charge in [0.1, 0.15) is 0 Å². The van der Waals surface area contributed by atoms with E-state index in [-0.39, 0.29) is 11.8 Å². The smallest absolute Gasteiger partial charge is 0.249 e. The number of carbonyl (C=O) groups is 1. The van der Waals surface area contributed by atoms with Gasteiger partial charge in [0.15, 0.2) is 0 Å². The number of nitrogens with zero attached hydrogens (tertiary/aromatic N) is 1. The van der Waals surface area contributed by atoms with Gasteiger partial charge in [-0.2, -0.15) is 0 Å². The highest BCUT2D eigenvalue weighted by molar-refractivity contribution is 6.31. The molecule has 1 aromatic rings. The monoisotopic (exact) mass is 339 g/mol. The summed E-state index contributed by atoms with van der Waals surface area (Å²) < 4.78 is 5.24. The Morgan fingerprint density at radius 1 is 1.43 bits per heavy atom. The van der Waals surface area contributed by atoms with E-state index in [1.165, 1.54) is 5.01 Å². The lowest BCUT2D eigenvalue weighted by Crippen LogP contribution is -2.32. The molecule has 0 aliphatic heterocycles. The summed E-state index contributed by atoms with van der Waals surface area (Å²) in [4.78, 5) is 12.6. The van der Waals surface area contributed by atoms with Crippen LogP contribution in [0.3, 0.4) is 0 Å². The fourth-order valence-electron chi connectivity index (χ4n) is 2.37. The summed E-state index contributed by atoms with van der Waals surface area (Å²) in [6, 6.07) is 7.56. The number of rotatable bonds is 9. The van der Waals surface area contributed by atoms with Crippen LogP contribution in [-0.2, 0) is 9.53 Å². The van der Waals surface area contributed by atoms with Gasteiger partial charge in [-0.15, -0.1) is 0 Å². The number of carbonyl (C=O) groups excluding carboxylic acids is 1. The zero-order valence-corrected chi connectivity index (χ0v) is 14.8. The summed E-state index contributed by atoms with van der Waals surface area (Å²) in [5.41, 5.74) is 1.51. The van der Waals surface area contributed by atoms with E-state index in [4.69, 9.17) is 22.2 Å². The van der Waals surface area contributed by atoms with Crippen LogP contribution in [0.5, 0.6) is 0 Å². The number of hydrogen-bond acceptors (Lipinski definition) is 4. The lowest BCUT2D eigenvalue weighted by atomic mass is 9.88. The van der Waals surface area contributed by atoms with Crippen LogP contribution in [0.25, 0.3) is 0 Å². The number of hydrazine groups is 1. The second-order valence-corrected chi connectivity index (χ2v) is 5.59. The molecule has 128 valence electrons. The molecule has 0 saturated heterocycles. The molecule has 0 saturated carbocycles. The Labute approximate surface area is 143 Å². The molecule has 0 heterocycles. The maximum atomic E-state index is 12.6. The molecule has 1 unspecified atom stereocenters. The van der Waals surface area contributed by atoms with E-state index in [2.05, 4.69) is 5.32 Å². The van der Waals surface area contributed by atoms with Crippen LogP contribution < -0.4 is 11.2 Å². The van der Waals surface area contributed by atoms with Crippen LogP contribution in [0.2, 0.25) is 5.02 Å². The highest BCUT2D eigenvalue weighted by Gasteiger charge is 2.23. The topological polar surface area (TPSA) is 67.6 Å². The van der Waals surface area contributed by atoms with Crippen molar-refractivity contribution in [3.05, 3.63) is 46.6 Å². The minimum atomic E-state index is -0.159. The summed E-state index contributed by atoms with van der Waals surface area (Å²) in [5, 5.41) is 4.90. The third-order valence-electron chi connectivity index (χ3n) is 3.41. The molecule has 3 N–H and O–H groups in total. The van der Waals surface area contributed by atoms with Gasteiger partial charge in [-0.1, -0.05) is 36.7 Å². The molecule has 6 heteroatoms. The van der Waals surface area contributed by atoms with E-state index >= 15 is 0 Å². The van der Waals surface area contributed by atoms with Gasteiger partial charge in [0, 0.05) is 42.9 Å². The second kappa shape index (κ2) is 10.3. The molecule has 0 aliphatic carbocycles. The maximum Gasteiger partial charge on any atom is 0.249 e. The summed E-state index contributed by atoms with van der Waals surface area (Å²) >= 11 is 6.30. The van der Waals surface area contributed by atoms with Gasteiger partial charge >= 0.3 is 0 Å². The van der Waals surface area contributed by atoms with Gasteiger partial charge < -0.3 is 15.1 Å². The van der Waals surface area contributed by atoms with Crippen molar-refractivity contribution in [3.8, 4) is 0 Å². The quantitative estimate of drug-likeness (QED) is 0.314. The van der Waals surface area contributed by atoms with Gasteiger partial charge in [-0.3, -0.25) is 4.79 Å². The molecule has 0 bridgehead atoms. The molecule has 0 aromatic heterocycles. The standard InChI is InChI=1S/C17H26ClN3O2/c1-4-13(14-8-6-7-9-16(14)18)15(12-21(3)19)17(22)20-10-11-23-5-2/h6-9,12-13H,4-5,10-11,19H2,1-3H3,(H,20,22)/b15-12+. The Balaban J connectivity index is 3.00. The zero-order chi connectivity index (χ0) is 17.2. The number of hydrogen-bond donors (Lipinski definition) is 2. The van der Waals surface area contributed by atoms with Crippen molar-refractivity contribution < 1.29 is 9.53 Å². The van der Waals surface area contributed by atoms with Crippen molar-refractivity contribution >= 4 is 17.5 Å². The van der Waals surface area contributed by atoms with Crippen molar-refractivity contribution in [1.29, 1.82) is 0 Å². The Morgan fingerprint density at radius 2 is 2.13 bits per heavy atom. The van der Waals surface area contributed by atoms with Crippen LogP contribution in [0, 0.1) is 0 Å². The third kappa shape index (κ3) is 6.22. The zero-order valence-electron chi connectivity index (χ0n) is 14.0. The number of ether oxygens (including phenoxy) is 1. The Morgan fingerprint density at radius 3 is 2.70 bits per heavy atom. The van der Waals surface area contributed by atoms with Crippen LogP contribution in [0.15, 0.2) is 36.0 Å². The lowest BCUT2D eigenvalue weighted by Gasteiger charge is -2.22. The molecule has 1 rings (SSSR count). The molecule has 5 nitrogen and oxygen atoms in total. The van der Waals surface area contributed by atoms with Crippen molar-refractivity contribution in [2.24, 2.45) is 5.84 Å². The van der Waals surface area contributed by atoms with Crippen molar-refractivity contribution in [2.45, 2.75) is 26.2 Å². The van der Waals surface area contributed by atoms with Gasteiger partial charge in [0.05, 0.1) is 6.61 Å². The fraction of sp³-hybridized carbons (Fsp3) is 0.471. The number of benzene rings is 1.